The van der Waals surface area contributed by atoms with Gasteiger partial charge >= 0.3 is 0 Å². The van der Waals surface area contributed by atoms with Crippen LogP contribution in [0.3, 0.4) is 0 Å². The van der Waals surface area contributed by atoms with Crippen molar-refractivity contribution < 1.29 is 4.74 Å². The third kappa shape index (κ3) is 6.14. The number of fused-ring (bicyclic) bond motifs is 3. The molecule has 0 heterocycles. The zero-order valence-electron chi connectivity index (χ0n) is 42.9. The van der Waals surface area contributed by atoms with Gasteiger partial charge < -0.3 is 4.74 Å². The van der Waals surface area contributed by atoms with Crippen LogP contribution >= 0.6 is 0 Å². The summed E-state index contributed by atoms with van der Waals surface area (Å²) < 4.78 is 6.73. The van der Waals surface area contributed by atoms with E-state index in [4.69, 9.17) is 4.74 Å². The number of ether oxygens (including phenoxy) is 1. The van der Waals surface area contributed by atoms with Crippen LogP contribution in [0, 0.1) is 5.92 Å². The molecule has 0 radical (unpaired) electrons. The van der Waals surface area contributed by atoms with Crippen LogP contribution in [0.25, 0.3) is 130 Å². The molecule has 1 aliphatic rings. The van der Waals surface area contributed by atoms with E-state index in [1.165, 1.54) is 172 Å². The van der Waals surface area contributed by atoms with Gasteiger partial charge in [-0.2, -0.15) is 0 Å². The Bertz CT molecular complexity index is 4540. The van der Waals surface area contributed by atoms with Crippen LogP contribution in [0.1, 0.15) is 61.8 Å². The molecule has 360 valence electrons. The fourth-order valence-corrected chi connectivity index (χ4v) is 14.4. The Balaban J connectivity index is 0.993. The topological polar surface area (TPSA) is 9.23 Å². The molecule has 0 saturated carbocycles. The van der Waals surface area contributed by atoms with Crippen molar-refractivity contribution in [2.45, 2.75) is 44.9 Å². The average Bonchev–Trinajstić information content (AvgIpc) is 3.94. The normalized spacial score (nSPS) is 13.7. The number of hydrogen-bond acceptors (Lipinski definition) is 1. The summed E-state index contributed by atoms with van der Waals surface area (Å²) in [6.45, 7) is 5.31. The first kappa shape index (κ1) is 43.6. The first-order valence-electron chi connectivity index (χ1n) is 27.6. The van der Waals surface area contributed by atoms with Crippen LogP contribution in [0.2, 0.25) is 0 Å². The molecule has 0 fully saturated rings. The lowest BCUT2D eigenvalue weighted by Gasteiger charge is -2.36. The molecule has 0 bridgehead atoms. The molecule has 0 amide bonds. The van der Waals surface area contributed by atoms with Crippen molar-refractivity contribution >= 4 is 97.0 Å². The summed E-state index contributed by atoms with van der Waals surface area (Å²) in [6, 6.07) is 86.5. The quantitative estimate of drug-likeness (QED) is 0.117. The molecule has 1 heteroatoms. The van der Waals surface area contributed by atoms with Crippen LogP contribution in [0.4, 0.5) is 0 Å². The lowest BCUT2D eigenvalue weighted by Crippen LogP contribution is -2.29. The SMILES string of the molecule is CCCCC(CC)COc1ccc(C2(c3ccc4ccc5cccc6ccc3c4c56)c3cc(-c4ccc5ccc6cccc7ccc4c5c67)ccc3-c3ccc(-c4ccc5ccc6cccc7ccc4c5c67)cc32)cc1. The van der Waals surface area contributed by atoms with E-state index in [9.17, 15) is 0 Å². The highest BCUT2D eigenvalue weighted by Gasteiger charge is 2.48. The smallest absolute Gasteiger partial charge is 0.119 e. The van der Waals surface area contributed by atoms with Gasteiger partial charge in [-0.15, -0.1) is 0 Å². The van der Waals surface area contributed by atoms with Gasteiger partial charge in [0.15, 0.2) is 0 Å². The highest BCUT2D eigenvalue weighted by atomic mass is 16.5. The predicted octanol–water partition coefficient (Wildman–Crippen LogP) is 20.7. The minimum Gasteiger partial charge on any atom is -0.493 e. The molecule has 15 aromatic carbocycles. The Labute approximate surface area is 442 Å². The fourth-order valence-electron chi connectivity index (χ4n) is 14.4. The Morgan fingerprint density at radius 2 is 0.750 bits per heavy atom. The molecule has 0 aliphatic heterocycles. The Morgan fingerprint density at radius 1 is 0.355 bits per heavy atom. The van der Waals surface area contributed by atoms with Crippen molar-refractivity contribution in [1.29, 1.82) is 0 Å². The second-order valence-electron chi connectivity index (χ2n) is 21.9. The molecule has 0 aromatic heterocycles. The lowest BCUT2D eigenvalue weighted by atomic mass is 9.65. The third-order valence-electron chi connectivity index (χ3n) is 18.1. The maximum Gasteiger partial charge on any atom is 0.119 e. The summed E-state index contributed by atoms with van der Waals surface area (Å²) in [6.07, 6.45) is 4.75. The van der Waals surface area contributed by atoms with Gasteiger partial charge in [-0.3, -0.25) is 0 Å². The van der Waals surface area contributed by atoms with E-state index in [-0.39, 0.29) is 0 Å². The van der Waals surface area contributed by atoms with E-state index in [1.54, 1.807) is 0 Å². The summed E-state index contributed by atoms with van der Waals surface area (Å²) >= 11 is 0. The molecule has 1 nitrogen and oxygen atoms in total. The largest absolute Gasteiger partial charge is 0.493 e. The Hall–Kier alpha value is -8.78. The minimum atomic E-state index is -0.738. The van der Waals surface area contributed by atoms with E-state index in [0.29, 0.717) is 5.92 Å². The van der Waals surface area contributed by atoms with Crippen molar-refractivity contribution in [1.82, 2.24) is 0 Å². The van der Waals surface area contributed by atoms with Gasteiger partial charge in [-0.25, -0.2) is 0 Å². The Kier molecular flexibility index (Phi) is 9.53. The Morgan fingerprint density at radius 3 is 1.21 bits per heavy atom. The van der Waals surface area contributed by atoms with Crippen LogP contribution in [-0.2, 0) is 5.41 Å². The van der Waals surface area contributed by atoms with Crippen LogP contribution in [-0.4, -0.2) is 6.61 Å². The van der Waals surface area contributed by atoms with E-state index in [0.717, 1.165) is 18.8 Å². The van der Waals surface area contributed by atoms with Gasteiger partial charge in [0, 0.05) is 0 Å². The minimum absolute atomic E-state index is 0.535. The van der Waals surface area contributed by atoms with Gasteiger partial charge in [0.1, 0.15) is 5.75 Å². The molecule has 0 saturated heterocycles. The molecular weight excluding hydrogens is 917 g/mol. The molecule has 16 rings (SSSR count). The van der Waals surface area contributed by atoms with Gasteiger partial charge in [0.25, 0.3) is 0 Å². The maximum absolute atomic E-state index is 6.73. The van der Waals surface area contributed by atoms with Gasteiger partial charge in [-0.05, 0) is 189 Å². The summed E-state index contributed by atoms with van der Waals surface area (Å²) in [7, 11) is 0. The second-order valence-corrected chi connectivity index (χ2v) is 21.9. The zero-order valence-corrected chi connectivity index (χ0v) is 42.9. The van der Waals surface area contributed by atoms with E-state index < -0.39 is 5.41 Å². The molecule has 1 unspecified atom stereocenters. The van der Waals surface area contributed by atoms with Crippen LogP contribution in [0.5, 0.6) is 5.75 Å². The van der Waals surface area contributed by atoms with Crippen LogP contribution < -0.4 is 4.74 Å². The highest BCUT2D eigenvalue weighted by Crippen LogP contribution is 2.60. The number of benzene rings is 15. The van der Waals surface area contributed by atoms with Crippen LogP contribution in [0.15, 0.2) is 224 Å². The molecule has 76 heavy (non-hydrogen) atoms. The third-order valence-corrected chi connectivity index (χ3v) is 18.1. The van der Waals surface area contributed by atoms with Gasteiger partial charge in [-0.1, -0.05) is 233 Å². The van der Waals surface area contributed by atoms with Crippen molar-refractivity contribution in [2.75, 3.05) is 6.61 Å². The fraction of sp³-hybridized carbons (Fsp3) is 0.120. The summed E-state index contributed by atoms with van der Waals surface area (Å²) in [5, 5.41) is 23.3. The molecule has 1 atom stereocenters. The standard InChI is InChI=1S/C75H54O/c1-3-5-9-45(4-2)44-76-58-32-30-57(31-33-58)75(66-41-29-54-21-18-48-12-8-15-51-26-40-65(66)74(54)71(48)51)67-42-55(59-34-22-52-19-16-46-10-6-13-49-24-38-63(59)72(52)69(46)49)27-36-61(67)62-37-28-56(43-68(62)75)60-35-23-53-20-17-47-11-7-14-50-25-39-64(60)73(53)70(47)50/h6-8,10-43,45H,3-5,9,44H2,1-2H3. The average molecular weight is 971 g/mol. The van der Waals surface area contributed by atoms with Gasteiger partial charge in [0.05, 0.1) is 12.0 Å². The van der Waals surface area contributed by atoms with Crippen molar-refractivity contribution in [3.63, 3.8) is 0 Å². The lowest BCUT2D eigenvalue weighted by molar-refractivity contribution is 0.233. The number of rotatable bonds is 11. The molecule has 0 N–H and O–H groups in total. The summed E-state index contributed by atoms with van der Waals surface area (Å²) in [5.74, 6) is 1.46. The highest BCUT2D eigenvalue weighted by molar-refractivity contribution is 6.28. The van der Waals surface area contributed by atoms with Crippen molar-refractivity contribution in [2.24, 2.45) is 5.92 Å². The van der Waals surface area contributed by atoms with E-state index in [1.807, 2.05) is 0 Å². The monoisotopic (exact) mass is 970 g/mol. The molecule has 0 spiro atoms. The van der Waals surface area contributed by atoms with Crippen molar-refractivity contribution in [3.05, 3.63) is 247 Å². The molecular formula is C75H54O. The molecule has 1 aliphatic carbocycles. The summed E-state index contributed by atoms with van der Waals surface area (Å²) in [5.41, 5.74) is 11.9. The molecule has 15 aromatic rings. The zero-order chi connectivity index (χ0) is 50.2. The predicted molar refractivity (Wildman–Crippen MR) is 325 cm³/mol. The first-order chi connectivity index (χ1) is 37.6. The first-order valence-corrected chi connectivity index (χ1v) is 27.6. The van der Waals surface area contributed by atoms with Crippen molar-refractivity contribution in [3.8, 4) is 39.1 Å². The van der Waals surface area contributed by atoms with E-state index >= 15 is 0 Å². The second kappa shape index (κ2) is 16.6. The summed E-state index contributed by atoms with van der Waals surface area (Å²) in [4.78, 5) is 0. The van der Waals surface area contributed by atoms with Gasteiger partial charge in [0.2, 0.25) is 0 Å². The number of hydrogen-bond donors (Lipinski definition) is 0. The van der Waals surface area contributed by atoms with E-state index in [2.05, 4.69) is 238 Å². The maximum atomic E-state index is 6.73. The number of unbranched alkanes of at least 4 members (excludes halogenated alkanes) is 1.